The molecule has 0 unspecified atom stereocenters. The van der Waals surface area contributed by atoms with Crippen molar-refractivity contribution in [3.8, 4) is 6.01 Å². The first-order chi connectivity index (χ1) is 8.11. The second-order valence-corrected chi connectivity index (χ2v) is 4.25. The van der Waals surface area contributed by atoms with Crippen LogP contribution >= 0.6 is 0 Å². The Morgan fingerprint density at radius 2 is 2.24 bits per heavy atom. The molecule has 1 aromatic heterocycles. The van der Waals surface area contributed by atoms with Gasteiger partial charge in [0.05, 0.1) is 13.3 Å². The summed E-state index contributed by atoms with van der Waals surface area (Å²) in [6, 6.07) is 0.290. The molecule has 1 heterocycles. The van der Waals surface area contributed by atoms with Crippen LogP contribution in [0.5, 0.6) is 6.01 Å². The molecule has 1 aliphatic rings. The minimum atomic E-state index is 0.0434. The number of methoxy groups -OCH3 is 1. The fourth-order valence-electron chi connectivity index (χ4n) is 1.46. The second kappa shape index (κ2) is 4.57. The van der Waals surface area contributed by atoms with Gasteiger partial charge in [0.25, 0.3) is 0 Å². The molecule has 1 fully saturated rings. The molecule has 1 aliphatic carbocycles. The van der Waals surface area contributed by atoms with E-state index in [0.29, 0.717) is 11.5 Å². The predicted molar refractivity (Wildman–Crippen MR) is 64.3 cm³/mol. The summed E-state index contributed by atoms with van der Waals surface area (Å²) >= 11 is 0. The van der Waals surface area contributed by atoms with Gasteiger partial charge in [0.1, 0.15) is 5.69 Å². The molecule has 1 N–H and O–H groups in total. The molecule has 6 nitrogen and oxygen atoms in total. The van der Waals surface area contributed by atoms with Crippen molar-refractivity contribution in [3.63, 3.8) is 0 Å². The van der Waals surface area contributed by atoms with Gasteiger partial charge in [0.15, 0.2) is 5.82 Å². The average Bonchev–Trinajstić information content (AvgIpc) is 3.13. The molecule has 1 saturated carbocycles. The summed E-state index contributed by atoms with van der Waals surface area (Å²) in [5, 5.41) is 2.84. The topological polar surface area (TPSA) is 67.3 Å². The van der Waals surface area contributed by atoms with Crippen molar-refractivity contribution >= 4 is 17.4 Å². The monoisotopic (exact) mass is 236 g/mol. The Hall–Kier alpha value is -1.85. The first kappa shape index (κ1) is 11.6. The van der Waals surface area contributed by atoms with Gasteiger partial charge in [-0.15, -0.1) is 0 Å². The van der Waals surface area contributed by atoms with Gasteiger partial charge in [0.2, 0.25) is 5.91 Å². The van der Waals surface area contributed by atoms with Crippen molar-refractivity contribution in [2.45, 2.75) is 12.8 Å². The van der Waals surface area contributed by atoms with Crippen LogP contribution in [0.2, 0.25) is 0 Å². The summed E-state index contributed by atoms with van der Waals surface area (Å²) in [5.41, 5.74) is 0.618. The van der Waals surface area contributed by atoms with Crippen LogP contribution in [0.1, 0.15) is 12.8 Å². The van der Waals surface area contributed by atoms with E-state index in [1.165, 1.54) is 7.11 Å². The first-order valence-electron chi connectivity index (χ1n) is 5.51. The lowest BCUT2D eigenvalue weighted by Gasteiger charge is -2.16. The number of amides is 1. The lowest BCUT2D eigenvalue weighted by Crippen LogP contribution is -2.19. The predicted octanol–water partition coefficient (Wildman–Crippen LogP) is 0.900. The van der Waals surface area contributed by atoms with E-state index in [1.54, 1.807) is 6.20 Å². The maximum Gasteiger partial charge on any atom is 0.318 e. The highest BCUT2D eigenvalue weighted by Gasteiger charge is 2.30. The number of hydrogen-bond donors (Lipinski definition) is 1. The van der Waals surface area contributed by atoms with Gasteiger partial charge in [-0.2, -0.15) is 4.98 Å². The van der Waals surface area contributed by atoms with E-state index in [0.717, 1.165) is 12.8 Å². The fourth-order valence-corrected chi connectivity index (χ4v) is 1.46. The normalized spacial score (nSPS) is 14.3. The Balaban J connectivity index is 2.22. The van der Waals surface area contributed by atoms with E-state index < -0.39 is 0 Å². The van der Waals surface area contributed by atoms with Crippen molar-refractivity contribution in [2.24, 2.45) is 5.92 Å². The lowest BCUT2D eigenvalue weighted by molar-refractivity contribution is -0.117. The largest absolute Gasteiger partial charge is 0.467 e. The zero-order valence-electron chi connectivity index (χ0n) is 10.2. The van der Waals surface area contributed by atoms with Crippen molar-refractivity contribution in [3.05, 3.63) is 6.20 Å². The Morgan fingerprint density at radius 1 is 1.53 bits per heavy atom. The molecule has 2 rings (SSSR count). The van der Waals surface area contributed by atoms with Crippen LogP contribution in [0.15, 0.2) is 6.20 Å². The van der Waals surface area contributed by atoms with E-state index in [-0.39, 0.29) is 17.8 Å². The van der Waals surface area contributed by atoms with Crippen LogP contribution in [0.4, 0.5) is 11.5 Å². The molecule has 0 aromatic carbocycles. The highest BCUT2D eigenvalue weighted by atomic mass is 16.5. The van der Waals surface area contributed by atoms with Crippen molar-refractivity contribution < 1.29 is 9.53 Å². The van der Waals surface area contributed by atoms with Crippen LogP contribution < -0.4 is 15.0 Å². The number of rotatable bonds is 4. The highest BCUT2D eigenvalue weighted by molar-refractivity contribution is 5.96. The average molecular weight is 236 g/mol. The van der Waals surface area contributed by atoms with Crippen molar-refractivity contribution in [2.75, 3.05) is 31.4 Å². The van der Waals surface area contributed by atoms with E-state index in [1.807, 2.05) is 19.0 Å². The van der Waals surface area contributed by atoms with Gasteiger partial charge in [-0.05, 0) is 12.8 Å². The molecule has 6 heteroatoms. The second-order valence-electron chi connectivity index (χ2n) is 4.25. The van der Waals surface area contributed by atoms with Gasteiger partial charge in [0, 0.05) is 20.0 Å². The third-order valence-electron chi connectivity index (χ3n) is 2.56. The molecule has 0 radical (unpaired) electrons. The van der Waals surface area contributed by atoms with Crippen LogP contribution in [-0.2, 0) is 4.79 Å². The molecule has 92 valence electrons. The Bertz CT molecular complexity index is 429. The van der Waals surface area contributed by atoms with E-state index in [9.17, 15) is 4.79 Å². The molecule has 0 saturated heterocycles. The summed E-state index contributed by atoms with van der Waals surface area (Å²) in [6.45, 7) is 0. The van der Waals surface area contributed by atoms with Gasteiger partial charge < -0.3 is 15.0 Å². The number of ether oxygens (including phenoxy) is 1. The van der Waals surface area contributed by atoms with Gasteiger partial charge in [-0.1, -0.05) is 0 Å². The third kappa shape index (κ3) is 2.64. The molecule has 0 atom stereocenters. The lowest BCUT2D eigenvalue weighted by atomic mass is 10.3. The molecule has 1 amide bonds. The van der Waals surface area contributed by atoms with Crippen LogP contribution in [0.25, 0.3) is 0 Å². The molecule has 0 aliphatic heterocycles. The Kier molecular flexibility index (Phi) is 3.12. The quantitative estimate of drug-likeness (QED) is 0.841. The summed E-state index contributed by atoms with van der Waals surface area (Å²) < 4.78 is 4.96. The maximum atomic E-state index is 11.7. The molecule has 0 spiro atoms. The van der Waals surface area contributed by atoms with Crippen LogP contribution in [0.3, 0.4) is 0 Å². The SMILES string of the molecule is COc1ncc(NC(=O)C2CC2)c(N(C)C)n1. The number of carbonyl (C=O) groups is 1. The van der Waals surface area contributed by atoms with Crippen molar-refractivity contribution in [1.29, 1.82) is 0 Å². The minimum Gasteiger partial charge on any atom is -0.467 e. The number of nitrogens with one attached hydrogen (secondary N) is 1. The van der Waals surface area contributed by atoms with E-state index in [2.05, 4.69) is 15.3 Å². The summed E-state index contributed by atoms with van der Waals surface area (Å²) in [5.74, 6) is 0.847. The smallest absolute Gasteiger partial charge is 0.318 e. The maximum absolute atomic E-state index is 11.7. The number of hydrogen-bond acceptors (Lipinski definition) is 5. The number of carbonyl (C=O) groups excluding carboxylic acids is 1. The standard InChI is InChI=1S/C11H16N4O2/c1-15(2)9-8(6-12-11(14-9)17-3)13-10(16)7-4-5-7/h6-7H,4-5H2,1-3H3,(H,13,16). The highest BCUT2D eigenvalue weighted by Crippen LogP contribution is 2.31. The minimum absolute atomic E-state index is 0.0434. The van der Waals surface area contributed by atoms with Crippen molar-refractivity contribution in [1.82, 2.24) is 9.97 Å². The third-order valence-corrected chi connectivity index (χ3v) is 2.56. The number of aromatic nitrogens is 2. The number of nitrogens with zero attached hydrogens (tertiary/aromatic N) is 3. The van der Waals surface area contributed by atoms with Gasteiger partial charge >= 0.3 is 6.01 Å². The fraction of sp³-hybridized carbons (Fsp3) is 0.545. The zero-order valence-corrected chi connectivity index (χ0v) is 10.2. The molecular weight excluding hydrogens is 220 g/mol. The molecule has 17 heavy (non-hydrogen) atoms. The van der Waals surface area contributed by atoms with E-state index in [4.69, 9.17) is 4.74 Å². The summed E-state index contributed by atoms with van der Waals surface area (Å²) in [4.78, 5) is 21.7. The van der Waals surface area contributed by atoms with Gasteiger partial charge in [-0.25, -0.2) is 4.98 Å². The first-order valence-corrected chi connectivity index (χ1v) is 5.51. The van der Waals surface area contributed by atoms with E-state index >= 15 is 0 Å². The molecule has 1 aromatic rings. The summed E-state index contributed by atoms with van der Waals surface area (Å²) in [6.07, 6.45) is 3.52. The number of anilines is 2. The zero-order chi connectivity index (χ0) is 12.4. The Morgan fingerprint density at radius 3 is 2.76 bits per heavy atom. The summed E-state index contributed by atoms with van der Waals surface area (Å²) in [7, 11) is 5.22. The van der Waals surface area contributed by atoms with Crippen LogP contribution in [-0.4, -0.2) is 37.1 Å². The van der Waals surface area contributed by atoms with Gasteiger partial charge in [-0.3, -0.25) is 4.79 Å². The molecule has 0 bridgehead atoms. The van der Waals surface area contributed by atoms with Crippen LogP contribution in [0, 0.1) is 5.92 Å². The molecular formula is C11H16N4O2. The Labute approximate surface area is 100 Å².